The van der Waals surface area contributed by atoms with Gasteiger partial charge < -0.3 is 0 Å². The van der Waals surface area contributed by atoms with Crippen LogP contribution >= 0.6 is 15.9 Å². The number of nitriles is 1. The molecule has 2 aromatic rings. The van der Waals surface area contributed by atoms with Gasteiger partial charge in [-0.05, 0) is 23.5 Å². The van der Waals surface area contributed by atoms with Crippen molar-refractivity contribution in [1.29, 1.82) is 5.26 Å². The Hall–Kier alpha value is -1.59. The number of rotatable bonds is 4. The molecule has 1 fully saturated rings. The topological polar surface area (TPSA) is 23.8 Å². The molecule has 0 spiro atoms. The molecule has 1 saturated carbocycles. The van der Waals surface area contributed by atoms with Crippen LogP contribution in [0.15, 0.2) is 60.7 Å². The number of hydrogen-bond donors (Lipinski definition) is 0. The standard InChI is InChI=1S/C18H16BrN/c19-17-11-15(17)16(12-20)18(13-7-3-1-4-8-13)14-9-5-2-6-10-14/h1-10,15-18H,11H2. The Labute approximate surface area is 128 Å². The minimum Gasteiger partial charge on any atom is -0.198 e. The summed E-state index contributed by atoms with van der Waals surface area (Å²) in [7, 11) is 0. The lowest BCUT2D eigenvalue weighted by Crippen LogP contribution is -2.16. The monoisotopic (exact) mass is 325 g/mol. The molecule has 0 radical (unpaired) electrons. The van der Waals surface area contributed by atoms with Crippen LogP contribution in [0.1, 0.15) is 23.5 Å². The number of hydrogen-bond acceptors (Lipinski definition) is 1. The van der Waals surface area contributed by atoms with Gasteiger partial charge in [-0.2, -0.15) is 5.26 Å². The Kier molecular flexibility index (Phi) is 3.89. The highest BCUT2D eigenvalue weighted by Crippen LogP contribution is 2.49. The molecule has 0 saturated heterocycles. The summed E-state index contributed by atoms with van der Waals surface area (Å²) in [5, 5.41) is 9.68. The van der Waals surface area contributed by atoms with Crippen LogP contribution in [0.2, 0.25) is 0 Å². The van der Waals surface area contributed by atoms with Crippen LogP contribution in [-0.4, -0.2) is 4.83 Å². The zero-order valence-corrected chi connectivity index (χ0v) is 12.7. The first-order valence-corrected chi connectivity index (χ1v) is 7.86. The summed E-state index contributed by atoms with van der Waals surface area (Å²) in [6, 6.07) is 23.4. The summed E-state index contributed by atoms with van der Waals surface area (Å²) in [6.45, 7) is 0. The summed E-state index contributed by atoms with van der Waals surface area (Å²) in [6.07, 6.45) is 1.11. The molecule has 0 aliphatic heterocycles. The maximum atomic E-state index is 9.68. The fourth-order valence-corrected chi connectivity index (χ4v) is 3.66. The SMILES string of the molecule is N#CC(C(c1ccccc1)c1ccccc1)C1CC1Br. The number of alkyl halides is 1. The maximum Gasteiger partial charge on any atom is 0.0669 e. The van der Waals surface area contributed by atoms with Gasteiger partial charge in [-0.25, -0.2) is 0 Å². The molecule has 1 aliphatic carbocycles. The Bertz CT molecular complexity index is 563. The summed E-state index contributed by atoms with van der Waals surface area (Å²) in [4.78, 5) is 0.502. The molecule has 3 atom stereocenters. The average Bonchev–Trinajstić information content (AvgIpc) is 3.23. The fourth-order valence-electron chi connectivity index (χ4n) is 2.90. The number of halogens is 1. The predicted octanol–water partition coefficient (Wildman–Crippen LogP) is 4.74. The van der Waals surface area contributed by atoms with E-state index in [2.05, 4.69) is 70.5 Å². The highest BCUT2D eigenvalue weighted by Gasteiger charge is 2.45. The second kappa shape index (κ2) is 5.81. The van der Waals surface area contributed by atoms with E-state index in [1.54, 1.807) is 0 Å². The van der Waals surface area contributed by atoms with E-state index >= 15 is 0 Å². The van der Waals surface area contributed by atoms with Gasteiger partial charge in [0.2, 0.25) is 0 Å². The molecule has 20 heavy (non-hydrogen) atoms. The first-order valence-electron chi connectivity index (χ1n) is 6.95. The smallest absolute Gasteiger partial charge is 0.0669 e. The first kappa shape index (κ1) is 13.4. The van der Waals surface area contributed by atoms with Crippen molar-refractivity contribution < 1.29 is 0 Å². The molecule has 1 aliphatic rings. The van der Waals surface area contributed by atoms with Gasteiger partial charge in [0, 0.05) is 10.7 Å². The van der Waals surface area contributed by atoms with Crippen molar-refractivity contribution in [2.75, 3.05) is 0 Å². The summed E-state index contributed by atoms with van der Waals surface area (Å²) in [5.74, 6) is 0.657. The molecule has 3 unspecified atom stereocenters. The molecular weight excluding hydrogens is 310 g/mol. The Morgan fingerprint density at radius 3 is 1.75 bits per heavy atom. The third-order valence-corrected chi connectivity index (χ3v) is 5.10. The van der Waals surface area contributed by atoms with E-state index in [4.69, 9.17) is 0 Å². The third-order valence-electron chi connectivity index (χ3n) is 4.05. The molecule has 0 aromatic heterocycles. The van der Waals surface area contributed by atoms with Crippen LogP contribution in [0.25, 0.3) is 0 Å². The van der Waals surface area contributed by atoms with Crippen LogP contribution in [0.5, 0.6) is 0 Å². The normalized spacial score (nSPS) is 22.2. The van der Waals surface area contributed by atoms with Crippen molar-refractivity contribution in [2.24, 2.45) is 11.8 Å². The zero-order valence-electron chi connectivity index (χ0n) is 11.1. The highest BCUT2D eigenvalue weighted by atomic mass is 79.9. The van der Waals surface area contributed by atoms with Gasteiger partial charge in [0.05, 0.1) is 12.0 Å². The van der Waals surface area contributed by atoms with Crippen molar-refractivity contribution in [2.45, 2.75) is 17.2 Å². The quantitative estimate of drug-likeness (QED) is 0.745. The van der Waals surface area contributed by atoms with E-state index in [1.165, 1.54) is 11.1 Å². The van der Waals surface area contributed by atoms with E-state index < -0.39 is 0 Å². The second-order valence-corrected chi connectivity index (χ2v) is 6.55. The Morgan fingerprint density at radius 1 is 0.950 bits per heavy atom. The molecule has 2 heteroatoms. The largest absolute Gasteiger partial charge is 0.198 e. The average molecular weight is 326 g/mol. The van der Waals surface area contributed by atoms with Crippen molar-refractivity contribution >= 4 is 15.9 Å². The zero-order chi connectivity index (χ0) is 13.9. The van der Waals surface area contributed by atoms with E-state index in [1.807, 2.05) is 12.1 Å². The van der Waals surface area contributed by atoms with Gasteiger partial charge in [0.25, 0.3) is 0 Å². The van der Waals surface area contributed by atoms with E-state index in [0.29, 0.717) is 10.7 Å². The Balaban J connectivity index is 2.02. The minimum absolute atomic E-state index is 0.0316. The van der Waals surface area contributed by atoms with Crippen molar-refractivity contribution in [3.8, 4) is 6.07 Å². The van der Waals surface area contributed by atoms with Crippen LogP contribution in [0.3, 0.4) is 0 Å². The van der Waals surface area contributed by atoms with E-state index in [9.17, 15) is 5.26 Å². The maximum absolute atomic E-state index is 9.68. The van der Waals surface area contributed by atoms with Gasteiger partial charge in [-0.1, -0.05) is 76.6 Å². The molecule has 0 amide bonds. The van der Waals surface area contributed by atoms with E-state index in [-0.39, 0.29) is 11.8 Å². The van der Waals surface area contributed by atoms with Crippen molar-refractivity contribution in [1.82, 2.24) is 0 Å². The molecule has 0 heterocycles. The number of benzene rings is 2. The Morgan fingerprint density at radius 2 is 1.40 bits per heavy atom. The molecular formula is C18H16BrN. The predicted molar refractivity (Wildman–Crippen MR) is 84.7 cm³/mol. The van der Waals surface area contributed by atoms with Gasteiger partial charge >= 0.3 is 0 Å². The van der Waals surface area contributed by atoms with Crippen LogP contribution in [-0.2, 0) is 0 Å². The fraction of sp³-hybridized carbons (Fsp3) is 0.278. The first-order chi connectivity index (χ1) is 9.81. The highest BCUT2D eigenvalue weighted by molar-refractivity contribution is 9.09. The van der Waals surface area contributed by atoms with Crippen molar-refractivity contribution in [3.63, 3.8) is 0 Å². The van der Waals surface area contributed by atoms with Crippen molar-refractivity contribution in [3.05, 3.63) is 71.8 Å². The second-order valence-electron chi connectivity index (χ2n) is 5.37. The van der Waals surface area contributed by atoms with Crippen LogP contribution < -0.4 is 0 Å². The summed E-state index contributed by atoms with van der Waals surface area (Å²) >= 11 is 3.65. The van der Waals surface area contributed by atoms with Crippen LogP contribution in [0.4, 0.5) is 0 Å². The summed E-state index contributed by atoms with van der Waals surface area (Å²) in [5.41, 5.74) is 2.47. The lowest BCUT2D eigenvalue weighted by atomic mass is 9.79. The van der Waals surface area contributed by atoms with Gasteiger partial charge in [0.1, 0.15) is 0 Å². The third kappa shape index (κ3) is 2.64. The molecule has 3 rings (SSSR count). The molecule has 0 bridgehead atoms. The lowest BCUT2D eigenvalue weighted by molar-refractivity contribution is 0.518. The molecule has 0 N–H and O–H groups in total. The van der Waals surface area contributed by atoms with Gasteiger partial charge in [0.15, 0.2) is 0 Å². The number of nitrogens with zero attached hydrogens (tertiary/aromatic N) is 1. The minimum atomic E-state index is 0.0316. The van der Waals surface area contributed by atoms with E-state index in [0.717, 1.165) is 6.42 Å². The summed E-state index contributed by atoms with van der Waals surface area (Å²) < 4.78 is 0. The van der Waals surface area contributed by atoms with Gasteiger partial charge in [-0.3, -0.25) is 0 Å². The lowest BCUT2D eigenvalue weighted by Gasteiger charge is -2.23. The molecule has 2 aromatic carbocycles. The molecule has 100 valence electrons. The van der Waals surface area contributed by atoms with Gasteiger partial charge in [-0.15, -0.1) is 0 Å². The van der Waals surface area contributed by atoms with Crippen LogP contribution in [0, 0.1) is 23.2 Å². The molecule has 1 nitrogen and oxygen atoms in total.